The number of aromatic nitrogens is 1. The van der Waals surface area contributed by atoms with Crippen molar-refractivity contribution in [1.82, 2.24) is 4.98 Å². The predicted molar refractivity (Wildman–Crippen MR) is 53.9 cm³/mol. The molecule has 1 aromatic heterocycles. The third-order valence-corrected chi connectivity index (χ3v) is 1.79. The predicted octanol–water partition coefficient (Wildman–Crippen LogP) is 1.25. The Morgan fingerprint density at radius 1 is 1.67 bits per heavy atom. The van der Waals surface area contributed by atoms with Crippen molar-refractivity contribution < 1.29 is 9.53 Å². The van der Waals surface area contributed by atoms with Crippen LogP contribution in [0.4, 0.5) is 0 Å². The molecule has 78 valence electrons. The highest BCUT2D eigenvalue weighted by molar-refractivity contribution is 5.71. The summed E-state index contributed by atoms with van der Waals surface area (Å²) < 4.78 is 4.80. The Balaban J connectivity index is 2.65. The highest BCUT2D eigenvalue weighted by Gasteiger charge is 2.05. The van der Waals surface area contributed by atoms with Crippen molar-refractivity contribution in [2.75, 3.05) is 6.61 Å². The van der Waals surface area contributed by atoms with Crippen LogP contribution in [0.25, 0.3) is 0 Å². The highest BCUT2D eigenvalue weighted by Crippen LogP contribution is 2.03. The fourth-order valence-electron chi connectivity index (χ4n) is 1.19. The van der Waals surface area contributed by atoms with E-state index in [1.165, 1.54) is 0 Å². The zero-order chi connectivity index (χ0) is 11.1. The molecule has 4 nitrogen and oxygen atoms in total. The summed E-state index contributed by atoms with van der Waals surface area (Å²) in [5, 5.41) is 8.51. The molecule has 0 aromatic carbocycles. The molecule has 1 heterocycles. The smallest absolute Gasteiger partial charge is 0.311 e. The van der Waals surface area contributed by atoms with Crippen LogP contribution in [0.15, 0.2) is 18.3 Å². The van der Waals surface area contributed by atoms with Crippen LogP contribution in [0.3, 0.4) is 0 Å². The van der Waals surface area contributed by atoms with Gasteiger partial charge in [0.05, 0.1) is 31.2 Å². The number of pyridine rings is 1. The van der Waals surface area contributed by atoms with Crippen LogP contribution in [0.1, 0.15) is 18.2 Å². The normalized spacial score (nSPS) is 9.33. The van der Waals surface area contributed by atoms with Crippen LogP contribution < -0.4 is 0 Å². The third-order valence-electron chi connectivity index (χ3n) is 1.79. The Labute approximate surface area is 88.5 Å². The van der Waals surface area contributed by atoms with Crippen molar-refractivity contribution in [1.29, 1.82) is 5.26 Å². The Kier molecular flexibility index (Phi) is 4.30. The maximum Gasteiger partial charge on any atom is 0.311 e. The first-order chi connectivity index (χ1) is 7.26. The summed E-state index contributed by atoms with van der Waals surface area (Å²) >= 11 is 0. The molecule has 0 bridgehead atoms. The van der Waals surface area contributed by atoms with E-state index in [4.69, 9.17) is 10.00 Å². The van der Waals surface area contributed by atoms with E-state index in [2.05, 4.69) is 4.98 Å². The number of ether oxygens (including phenoxy) is 1. The van der Waals surface area contributed by atoms with Crippen molar-refractivity contribution in [3.8, 4) is 6.07 Å². The summed E-state index contributed by atoms with van der Waals surface area (Å²) in [5.74, 6) is -0.292. The largest absolute Gasteiger partial charge is 0.466 e. The van der Waals surface area contributed by atoms with Crippen molar-refractivity contribution >= 4 is 5.97 Å². The summed E-state index contributed by atoms with van der Waals surface area (Å²) in [6.07, 6.45) is 2.09. The summed E-state index contributed by atoms with van der Waals surface area (Å²) in [7, 11) is 0. The van der Waals surface area contributed by atoms with Crippen molar-refractivity contribution in [3.63, 3.8) is 0 Å². The molecule has 1 aromatic rings. The summed E-state index contributed by atoms with van der Waals surface area (Å²) in [4.78, 5) is 15.2. The van der Waals surface area contributed by atoms with Crippen LogP contribution in [0, 0.1) is 11.3 Å². The molecule has 0 radical (unpaired) electrons. The molecule has 15 heavy (non-hydrogen) atoms. The molecule has 0 N–H and O–H groups in total. The number of esters is 1. The van der Waals surface area contributed by atoms with Gasteiger partial charge in [0.1, 0.15) is 0 Å². The number of hydrogen-bond donors (Lipinski definition) is 0. The van der Waals surface area contributed by atoms with Gasteiger partial charge in [0.25, 0.3) is 0 Å². The summed E-state index contributed by atoms with van der Waals surface area (Å²) in [6.45, 7) is 2.13. The first-order valence-electron chi connectivity index (χ1n) is 4.72. The molecular formula is C11H12N2O2. The Hall–Kier alpha value is -1.89. The zero-order valence-electron chi connectivity index (χ0n) is 8.56. The molecule has 0 aliphatic rings. The molecule has 0 aliphatic carbocycles. The van der Waals surface area contributed by atoms with Gasteiger partial charge in [-0.3, -0.25) is 9.78 Å². The lowest BCUT2D eigenvalue weighted by Crippen LogP contribution is -2.08. The topological polar surface area (TPSA) is 63.0 Å². The molecule has 4 heteroatoms. The lowest BCUT2D eigenvalue weighted by Gasteiger charge is -2.02. The van der Waals surface area contributed by atoms with Crippen LogP contribution >= 0.6 is 0 Å². The number of nitrogens with zero attached hydrogens (tertiary/aromatic N) is 2. The highest BCUT2D eigenvalue weighted by atomic mass is 16.5. The van der Waals surface area contributed by atoms with E-state index in [0.29, 0.717) is 18.7 Å². The molecule has 0 saturated carbocycles. The summed E-state index contributed by atoms with van der Waals surface area (Å²) in [5.41, 5.74) is 1.51. The average Bonchev–Trinajstić information content (AvgIpc) is 2.19. The van der Waals surface area contributed by atoms with E-state index in [1.54, 1.807) is 25.3 Å². The van der Waals surface area contributed by atoms with Gasteiger partial charge < -0.3 is 4.74 Å². The van der Waals surface area contributed by atoms with E-state index in [0.717, 1.165) is 5.56 Å². The monoisotopic (exact) mass is 204 g/mol. The Morgan fingerprint density at radius 2 is 2.47 bits per heavy atom. The van der Waals surface area contributed by atoms with Gasteiger partial charge in [-0.2, -0.15) is 5.26 Å². The Morgan fingerprint density at radius 3 is 3.13 bits per heavy atom. The van der Waals surface area contributed by atoms with E-state index < -0.39 is 0 Å². The van der Waals surface area contributed by atoms with Crippen LogP contribution in [-0.4, -0.2) is 17.6 Å². The maximum atomic E-state index is 11.2. The van der Waals surface area contributed by atoms with Crippen LogP contribution in [-0.2, 0) is 22.4 Å². The van der Waals surface area contributed by atoms with Crippen molar-refractivity contribution in [2.24, 2.45) is 0 Å². The van der Waals surface area contributed by atoms with Gasteiger partial charge >= 0.3 is 5.97 Å². The second-order valence-electron chi connectivity index (χ2n) is 2.97. The second-order valence-corrected chi connectivity index (χ2v) is 2.97. The molecule has 0 unspecified atom stereocenters. The maximum absolute atomic E-state index is 11.2. The molecule has 0 aliphatic heterocycles. The van der Waals surface area contributed by atoms with E-state index in [1.807, 2.05) is 6.07 Å². The van der Waals surface area contributed by atoms with Gasteiger partial charge in [0.2, 0.25) is 0 Å². The molecule has 0 spiro atoms. The minimum Gasteiger partial charge on any atom is -0.466 e. The van der Waals surface area contributed by atoms with Crippen molar-refractivity contribution in [2.45, 2.75) is 19.8 Å². The number of carbonyl (C=O) groups is 1. The fraction of sp³-hybridized carbons (Fsp3) is 0.364. The SMILES string of the molecule is CCOC(=O)Cc1cc(CC#N)ccn1. The zero-order valence-corrected chi connectivity index (χ0v) is 8.56. The van der Waals surface area contributed by atoms with Gasteiger partial charge in [-0.1, -0.05) is 0 Å². The first-order valence-corrected chi connectivity index (χ1v) is 4.72. The fourth-order valence-corrected chi connectivity index (χ4v) is 1.19. The Bertz CT molecular complexity index is 382. The average molecular weight is 204 g/mol. The van der Waals surface area contributed by atoms with E-state index in [9.17, 15) is 4.79 Å². The molecule has 0 saturated heterocycles. The van der Waals surface area contributed by atoms with E-state index >= 15 is 0 Å². The minimum atomic E-state index is -0.292. The van der Waals surface area contributed by atoms with Gasteiger partial charge in [-0.15, -0.1) is 0 Å². The molecule has 0 amide bonds. The standard InChI is InChI=1S/C11H12N2O2/c1-2-15-11(14)8-10-7-9(3-5-12)4-6-13-10/h4,6-7H,2-3,8H2,1H3. The van der Waals surface area contributed by atoms with Gasteiger partial charge in [-0.05, 0) is 24.6 Å². The molecule has 0 fully saturated rings. The lowest BCUT2D eigenvalue weighted by atomic mass is 10.1. The second kappa shape index (κ2) is 5.76. The minimum absolute atomic E-state index is 0.160. The van der Waals surface area contributed by atoms with Gasteiger partial charge in [-0.25, -0.2) is 0 Å². The third kappa shape index (κ3) is 3.77. The van der Waals surface area contributed by atoms with Gasteiger partial charge in [0.15, 0.2) is 0 Å². The van der Waals surface area contributed by atoms with Gasteiger partial charge in [0, 0.05) is 6.20 Å². The molecular weight excluding hydrogens is 192 g/mol. The molecule has 0 atom stereocenters. The number of rotatable bonds is 4. The molecule has 1 rings (SSSR count). The number of carbonyl (C=O) groups excluding carboxylic acids is 1. The van der Waals surface area contributed by atoms with Crippen LogP contribution in [0.2, 0.25) is 0 Å². The summed E-state index contributed by atoms with van der Waals surface area (Å²) in [6, 6.07) is 5.56. The van der Waals surface area contributed by atoms with E-state index in [-0.39, 0.29) is 12.4 Å². The number of nitriles is 1. The number of hydrogen-bond acceptors (Lipinski definition) is 4. The quantitative estimate of drug-likeness (QED) is 0.692. The lowest BCUT2D eigenvalue weighted by molar-refractivity contribution is -0.142. The van der Waals surface area contributed by atoms with Crippen LogP contribution in [0.5, 0.6) is 0 Å². The van der Waals surface area contributed by atoms with Crippen molar-refractivity contribution in [3.05, 3.63) is 29.6 Å². The first kappa shape index (κ1) is 11.2.